The summed E-state index contributed by atoms with van der Waals surface area (Å²) in [4.78, 5) is 21.3. The third-order valence-corrected chi connectivity index (χ3v) is 6.63. The summed E-state index contributed by atoms with van der Waals surface area (Å²) in [5, 5.41) is 0. The summed E-state index contributed by atoms with van der Waals surface area (Å²) in [5.74, 6) is 1.55. The number of halogens is 3. The van der Waals surface area contributed by atoms with Crippen LogP contribution in [0.5, 0.6) is 0 Å². The van der Waals surface area contributed by atoms with Crippen molar-refractivity contribution in [2.75, 3.05) is 31.6 Å². The van der Waals surface area contributed by atoms with Crippen LogP contribution in [0.25, 0.3) is 0 Å². The van der Waals surface area contributed by atoms with E-state index in [1.165, 1.54) is 49.3 Å². The van der Waals surface area contributed by atoms with Crippen LogP contribution in [0.1, 0.15) is 68.7 Å². The van der Waals surface area contributed by atoms with Gasteiger partial charge in [-0.25, -0.2) is 9.78 Å². The van der Waals surface area contributed by atoms with Gasteiger partial charge in [-0.05, 0) is 63.0 Å². The van der Waals surface area contributed by atoms with Crippen molar-refractivity contribution in [1.82, 2.24) is 9.88 Å². The van der Waals surface area contributed by atoms with Crippen LogP contribution in [-0.2, 0) is 24.1 Å². The molecule has 1 aromatic heterocycles. The van der Waals surface area contributed by atoms with Crippen molar-refractivity contribution < 1.29 is 22.7 Å². The molecule has 0 spiro atoms. The van der Waals surface area contributed by atoms with Gasteiger partial charge in [0.25, 0.3) is 0 Å². The van der Waals surface area contributed by atoms with Crippen LogP contribution >= 0.6 is 0 Å². The van der Waals surface area contributed by atoms with Gasteiger partial charge in [0.15, 0.2) is 0 Å². The summed E-state index contributed by atoms with van der Waals surface area (Å²) in [5.41, 5.74) is 3.29. The number of hydrogen-bond acceptors (Lipinski definition) is 4. The van der Waals surface area contributed by atoms with E-state index in [1.807, 2.05) is 0 Å². The molecule has 1 fully saturated rings. The maximum absolute atomic E-state index is 12.5. The number of hydrogen-bond donors (Lipinski definition) is 0. The summed E-state index contributed by atoms with van der Waals surface area (Å²) >= 11 is 0. The van der Waals surface area contributed by atoms with Crippen molar-refractivity contribution in [2.45, 2.75) is 77.4 Å². The van der Waals surface area contributed by atoms with Gasteiger partial charge in [0.1, 0.15) is 5.82 Å². The fourth-order valence-electron chi connectivity index (χ4n) is 4.89. The van der Waals surface area contributed by atoms with E-state index in [2.05, 4.69) is 17.9 Å². The van der Waals surface area contributed by atoms with Crippen molar-refractivity contribution in [3.63, 3.8) is 0 Å². The summed E-state index contributed by atoms with van der Waals surface area (Å²) in [6.45, 7) is 4.18. The summed E-state index contributed by atoms with van der Waals surface area (Å²) < 4.78 is 42.4. The molecule has 2 aliphatic carbocycles. The Kier molecular flexibility index (Phi) is 9.03. The van der Waals surface area contributed by atoms with E-state index < -0.39 is 18.7 Å². The van der Waals surface area contributed by atoms with Gasteiger partial charge in [0.2, 0.25) is 0 Å². The Morgan fingerprint density at radius 2 is 1.91 bits per heavy atom. The molecule has 8 heteroatoms. The molecule has 0 N–H and O–H groups in total. The van der Waals surface area contributed by atoms with Crippen LogP contribution in [0, 0.1) is 5.92 Å². The van der Waals surface area contributed by atoms with Crippen molar-refractivity contribution in [3.05, 3.63) is 35.0 Å². The molecule has 1 saturated carbocycles. The van der Waals surface area contributed by atoms with Crippen LogP contribution in [-0.4, -0.2) is 48.9 Å². The molecule has 5 nitrogen and oxygen atoms in total. The first-order valence-electron chi connectivity index (χ1n) is 12.1. The number of pyridine rings is 1. The van der Waals surface area contributed by atoms with Gasteiger partial charge < -0.3 is 14.5 Å². The third kappa shape index (κ3) is 7.37. The Morgan fingerprint density at radius 3 is 2.58 bits per heavy atom. The normalized spacial score (nSPS) is 16.8. The van der Waals surface area contributed by atoms with E-state index >= 15 is 0 Å². The first kappa shape index (κ1) is 25.4. The number of carbonyl (C=O) groups excluding carboxylic acids is 1. The van der Waals surface area contributed by atoms with E-state index in [-0.39, 0.29) is 13.1 Å². The molecule has 184 valence electrons. The molecule has 1 heterocycles. The zero-order valence-electron chi connectivity index (χ0n) is 19.8. The van der Waals surface area contributed by atoms with Crippen molar-refractivity contribution in [2.24, 2.45) is 5.92 Å². The smallest absolute Gasteiger partial charge is 0.410 e. The maximum atomic E-state index is 12.5. The summed E-state index contributed by atoms with van der Waals surface area (Å²) in [6.07, 6.45) is 5.78. The lowest BCUT2D eigenvalue weighted by molar-refractivity contribution is -0.125. The minimum Gasteiger partial charge on any atom is -0.453 e. The highest BCUT2D eigenvalue weighted by molar-refractivity contribution is 5.68. The Balaban J connectivity index is 1.86. The summed E-state index contributed by atoms with van der Waals surface area (Å²) in [6, 6.07) is 2.16. The molecule has 0 radical (unpaired) electrons. The fourth-order valence-corrected chi connectivity index (χ4v) is 4.89. The Labute approximate surface area is 195 Å². The molecule has 0 aromatic carbocycles. The predicted octanol–water partition coefficient (Wildman–Crippen LogP) is 6.05. The van der Waals surface area contributed by atoms with Crippen molar-refractivity contribution >= 4 is 11.9 Å². The second kappa shape index (κ2) is 11.7. The fraction of sp³-hybridized carbons (Fsp3) is 0.680. The number of allylic oxidation sites excluding steroid dienone is 1. The number of anilines is 1. The molecular weight excluding hydrogens is 431 g/mol. The largest absolute Gasteiger partial charge is 0.453 e. The number of carbonyl (C=O) groups is 1. The number of amides is 1. The lowest BCUT2D eigenvalue weighted by Crippen LogP contribution is -2.34. The van der Waals surface area contributed by atoms with E-state index in [9.17, 15) is 18.0 Å². The van der Waals surface area contributed by atoms with Gasteiger partial charge in [-0.1, -0.05) is 25.0 Å². The molecule has 0 aliphatic heterocycles. The van der Waals surface area contributed by atoms with Crippen LogP contribution in [0.15, 0.2) is 18.2 Å². The van der Waals surface area contributed by atoms with Gasteiger partial charge in [-0.15, -0.1) is 0 Å². The van der Waals surface area contributed by atoms with E-state index in [1.54, 1.807) is 0 Å². The second-order valence-electron chi connectivity index (χ2n) is 9.11. The Hall–Kier alpha value is -2.25. The molecule has 0 bridgehead atoms. The van der Waals surface area contributed by atoms with Gasteiger partial charge in [0.05, 0.1) is 20.1 Å². The molecular formula is C25H36F3N3O2. The van der Waals surface area contributed by atoms with E-state index in [0.29, 0.717) is 5.92 Å². The van der Waals surface area contributed by atoms with Crippen molar-refractivity contribution in [1.29, 1.82) is 0 Å². The highest BCUT2D eigenvalue weighted by Gasteiger charge is 2.26. The lowest BCUT2D eigenvalue weighted by atomic mass is 9.94. The monoisotopic (exact) mass is 467 g/mol. The van der Waals surface area contributed by atoms with Crippen molar-refractivity contribution in [3.8, 4) is 0 Å². The number of methoxy groups -OCH3 is 1. The lowest BCUT2D eigenvalue weighted by Gasteiger charge is -2.31. The Bertz CT molecular complexity index is 820. The second-order valence-corrected chi connectivity index (χ2v) is 9.11. The number of nitrogens with zero attached hydrogens (tertiary/aromatic N) is 3. The van der Waals surface area contributed by atoms with Gasteiger partial charge in [-0.2, -0.15) is 13.2 Å². The number of rotatable bonds is 9. The van der Waals surface area contributed by atoms with Crippen LogP contribution in [0.2, 0.25) is 0 Å². The molecule has 33 heavy (non-hydrogen) atoms. The Morgan fingerprint density at radius 1 is 1.18 bits per heavy atom. The zero-order valence-corrected chi connectivity index (χ0v) is 19.8. The van der Waals surface area contributed by atoms with E-state index in [4.69, 9.17) is 9.72 Å². The molecule has 0 unspecified atom stereocenters. The number of fused-ring (bicyclic) bond motifs is 1. The standard InChI is InChI=1S/C25H36F3N3O2/c1-3-30(17-19-10-4-5-11-19)23-21(16-20-12-6-7-13-22(20)29-23)18-31(24(32)33-2)15-9-8-14-25(26,27)28/h8-9,16,19H,3-7,10-15,17-18H2,1-2H3/b9-8+. The molecule has 0 atom stereocenters. The van der Waals surface area contributed by atoms with Crippen LogP contribution < -0.4 is 4.90 Å². The van der Waals surface area contributed by atoms with Gasteiger partial charge >= 0.3 is 12.3 Å². The molecule has 0 saturated heterocycles. The molecule has 1 aromatic rings. The van der Waals surface area contributed by atoms with E-state index in [0.717, 1.165) is 61.9 Å². The predicted molar refractivity (Wildman–Crippen MR) is 123 cm³/mol. The van der Waals surface area contributed by atoms with Gasteiger partial charge in [-0.3, -0.25) is 0 Å². The summed E-state index contributed by atoms with van der Waals surface area (Å²) in [7, 11) is 1.29. The molecule has 2 aliphatic rings. The number of aryl methyl sites for hydroxylation is 2. The SMILES string of the molecule is CCN(CC1CCCC1)c1nc2c(cc1CN(C/C=C/CC(F)(F)F)C(=O)OC)CCCC2. The minimum absolute atomic E-state index is 0.0496. The first-order valence-corrected chi connectivity index (χ1v) is 12.1. The molecule has 3 rings (SSSR count). The number of aromatic nitrogens is 1. The average Bonchev–Trinajstić information content (AvgIpc) is 3.31. The number of ether oxygens (including phenoxy) is 1. The topological polar surface area (TPSA) is 45.7 Å². The minimum atomic E-state index is -4.26. The maximum Gasteiger partial charge on any atom is 0.410 e. The highest BCUT2D eigenvalue weighted by Crippen LogP contribution is 2.31. The van der Waals surface area contributed by atoms with Crippen LogP contribution in [0.4, 0.5) is 23.8 Å². The number of alkyl halides is 3. The average molecular weight is 468 g/mol. The van der Waals surface area contributed by atoms with Crippen LogP contribution in [0.3, 0.4) is 0 Å². The first-order chi connectivity index (χ1) is 15.8. The zero-order chi connectivity index (χ0) is 23.8. The molecule has 1 amide bonds. The third-order valence-electron chi connectivity index (χ3n) is 6.63. The highest BCUT2D eigenvalue weighted by atomic mass is 19.4. The quantitative estimate of drug-likeness (QED) is 0.415. The van der Waals surface area contributed by atoms with Gasteiger partial charge in [0, 0.05) is 30.9 Å².